The van der Waals surface area contributed by atoms with Gasteiger partial charge in [-0.2, -0.15) is 0 Å². The number of rotatable bonds is 3. The lowest BCUT2D eigenvalue weighted by Crippen LogP contribution is -2.29. The van der Waals surface area contributed by atoms with E-state index in [0.29, 0.717) is 5.69 Å². The number of aliphatic hydroxyl groups is 1. The number of halogens is 2. The molecule has 4 heteroatoms. The predicted octanol–water partition coefficient (Wildman–Crippen LogP) is 2.15. The number of nitrogens with one attached hydrogen (secondary N) is 1. The second-order valence-corrected chi connectivity index (χ2v) is 3.82. The van der Waals surface area contributed by atoms with Crippen LogP contribution in [0.3, 0.4) is 0 Å². The van der Waals surface area contributed by atoms with Gasteiger partial charge in [0, 0.05) is 18.3 Å². The lowest BCUT2D eigenvalue weighted by Gasteiger charge is -2.18. The fraction of sp³-hybridized carbons (Fsp3) is 0.400. The second-order valence-electron chi connectivity index (χ2n) is 3.82. The van der Waals surface area contributed by atoms with E-state index in [-0.39, 0.29) is 6.54 Å². The summed E-state index contributed by atoms with van der Waals surface area (Å²) in [4.78, 5) is 0. The van der Waals surface area contributed by atoms with Gasteiger partial charge in [-0.05, 0) is 26.0 Å². The number of hydrogen-bond acceptors (Lipinski definition) is 2. The molecule has 0 amide bonds. The van der Waals surface area contributed by atoms with Gasteiger partial charge in [-0.15, -0.1) is 0 Å². The summed E-state index contributed by atoms with van der Waals surface area (Å²) in [5.74, 6) is -1.27. The Bertz CT molecular complexity index is 300. The maximum atomic E-state index is 12.7. The van der Waals surface area contributed by atoms with Crippen molar-refractivity contribution in [2.24, 2.45) is 0 Å². The van der Waals surface area contributed by atoms with Gasteiger partial charge in [0.2, 0.25) is 0 Å². The summed E-state index contributed by atoms with van der Waals surface area (Å²) >= 11 is 0. The van der Waals surface area contributed by atoms with Crippen molar-refractivity contribution in [2.75, 3.05) is 11.9 Å². The molecule has 0 spiro atoms. The van der Waals surface area contributed by atoms with Gasteiger partial charge < -0.3 is 10.4 Å². The minimum absolute atomic E-state index is 0.232. The van der Waals surface area contributed by atoms with Gasteiger partial charge in [0.15, 0.2) is 0 Å². The van der Waals surface area contributed by atoms with Crippen LogP contribution < -0.4 is 5.32 Å². The Balaban J connectivity index is 2.68. The Kier molecular flexibility index (Phi) is 3.06. The topological polar surface area (TPSA) is 32.3 Å². The van der Waals surface area contributed by atoms with Crippen LogP contribution >= 0.6 is 0 Å². The van der Waals surface area contributed by atoms with E-state index in [1.165, 1.54) is 12.1 Å². The number of benzene rings is 1. The van der Waals surface area contributed by atoms with Crippen LogP contribution in [0.25, 0.3) is 0 Å². The summed E-state index contributed by atoms with van der Waals surface area (Å²) < 4.78 is 25.4. The maximum absolute atomic E-state index is 12.7. The molecule has 0 bridgehead atoms. The number of hydrogen-bond donors (Lipinski definition) is 2. The van der Waals surface area contributed by atoms with Crippen molar-refractivity contribution < 1.29 is 13.9 Å². The van der Waals surface area contributed by atoms with Gasteiger partial charge in [0.25, 0.3) is 0 Å². The van der Waals surface area contributed by atoms with Crippen molar-refractivity contribution in [2.45, 2.75) is 19.4 Å². The molecule has 0 heterocycles. The van der Waals surface area contributed by atoms with E-state index in [4.69, 9.17) is 0 Å². The third-order valence-electron chi connectivity index (χ3n) is 1.59. The van der Waals surface area contributed by atoms with Crippen LogP contribution in [0.4, 0.5) is 14.5 Å². The number of anilines is 1. The summed E-state index contributed by atoms with van der Waals surface area (Å²) in [6, 6.07) is 3.15. The van der Waals surface area contributed by atoms with Crippen molar-refractivity contribution in [1.29, 1.82) is 0 Å². The van der Waals surface area contributed by atoms with Crippen LogP contribution in [0.2, 0.25) is 0 Å². The molecule has 0 saturated heterocycles. The first-order valence-electron chi connectivity index (χ1n) is 4.29. The molecule has 0 saturated carbocycles. The average Bonchev–Trinajstić information content (AvgIpc) is 1.97. The summed E-state index contributed by atoms with van der Waals surface area (Å²) in [5.41, 5.74) is -0.590. The highest BCUT2D eigenvalue weighted by molar-refractivity contribution is 5.43. The Labute approximate surface area is 81.6 Å². The van der Waals surface area contributed by atoms with Gasteiger partial charge in [-0.3, -0.25) is 0 Å². The minimum Gasteiger partial charge on any atom is -0.389 e. The largest absolute Gasteiger partial charge is 0.389 e. The molecule has 0 radical (unpaired) electrons. The minimum atomic E-state index is -0.914. The highest BCUT2D eigenvalue weighted by Gasteiger charge is 2.11. The molecule has 0 unspecified atom stereocenters. The normalized spacial score (nSPS) is 11.5. The van der Waals surface area contributed by atoms with E-state index in [0.717, 1.165) is 6.07 Å². The van der Waals surface area contributed by atoms with Gasteiger partial charge in [-0.1, -0.05) is 0 Å². The first-order valence-corrected chi connectivity index (χ1v) is 4.29. The third kappa shape index (κ3) is 3.70. The summed E-state index contributed by atoms with van der Waals surface area (Å²) in [5, 5.41) is 12.1. The van der Waals surface area contributed by atoms with E-state index in [9.17, 15) is 13.9 Å². The van der Waals surface area contributed by atoms with Crippen LogP contribution in [0.15, 0.2) is 18.2 Å². The monoisotopic (exact) mass is 201 g/mol. The fourth-order valence-electron chi connectivity index (χ4n) is 0.974. The molecule has 2 nitrogen and oxygen atoms in total. The zero-order valence-electron chi connectivity index (χ0n) is 8.14. The first-order chi connectivity index (χ1) is 6.37. The summed E-state index contributed by atoms with van der Waals surface area (Å²) in [6.07, 6.45) is 0. The van der Waals surface area contributed by atoms with Crippen LogP contribution in [-0.4, -0.2) is 17.3 Å². The molecule has 14 heavy (non-hydrogen) atoms. The predicted molar refractivity (Wildman–Crippen MR) is 51.1 cm³/mol. The summed E-state index contributed by atoms with van der Waals surface area (Å²) in [6.45, 7) is 3.45. The van der Waals surface area contributed by atoms with E-state index in [1.54, 1.807) is 13.8 Å². The quantitative estimate of drug-likeness (QED) is 0.785. The van der Waals surface area contributed by atoms with E-state index >= 15 is 0 Å². The maximum Gasteiger partial charge on any atom is 0.128 e. The first kappa shape index (κ1) is 10.9. The molecule has 0 aliphatic carbocycles. The highest BCUT2D eigenvalue weighted by atomic mass is 19.1. The molecular weight excluding hydrogens is 188 g/mol. The smallest absolute Gasteiger partial charge is 0.128 e. The highest BCUT2D eigenvalue weighted by Crippen LogP contribution is 2.13. The Morgan fingerprint density at radius 3 is 2.14 bits per heavy atom. The van der Waals surface area contributed by atoms with Gasteiger partial charge >= 0.3 is 0 Å². The van der Waals surface area contributed by atoms with Crippen LogP contribution in [0.5, 0.6) is 0 Å². The van der Waals surface area contributed by atoms with E-state index < -0.39 is 17.2 Å². The molecule has 1 rings (SSSR count). The molecule has 78 valence electrons. The van der Waals surface area contributed by atoms with Crippen LogP contribution in [0.1, 0.15) is 13.8 Å². The van der Waals surface area contributed by atoms with Gasteiger partial charge in [-0.25, -0.2) is 8.78 Å². The zero-order chi connectivity index (χ0) is 10.8. The van der Waals surface area contributed by atoms with Crippen molar-refractivity contribution >= 4 is 5.69 Å². The molecule has 1 aromatic rings. The van der Waals surface area contributed by atoms with Crippen LogP contribution in [-0.2, 0) is 0 Å². The molecule has 2 N–H and O–H groups in total. The molecular formula is C10H13F2NO. The molecule has 0 aliphatic rings. The van der Waals surface area contributed by atoms with Crippen molar-refractivity contribution in [3.05, 3.63) is 29.8 Å². The standard InChI is InChI=1S/C10H13F2NO/c1-10(2,14)6-13-9-4-7(11)3-8(12)5-9/h3-5,13-14H,6H2,1-2H3. The molecule has 0 fully saturated rings. The molecule has 1 aromatic carbocycles. The third-order valence-corrected chi connectivity index (χ3v) is 1.59. The lowest BCUT2D eigenvalue weighted by atomic mass is 10.1. The Morgan fingerprint density at radius 1 is 1.21 bits per heavy atom. The van der Waals surface area contributed by atoms with Gasteiger partial charge in [0.05, 0.1) is 5.60 Å². The van der Waals surface area contributed by atoms with Gasteiger partial charge in [0.1, 0.15) is 11.6 Å². The Morgan fingerprint density at radius 2 is 1.71 bits per heavy atom. The zero-order valence-corrected chi connectivity index (χ0v) is 8.14. The molecule has 0 aliphatic heterocycles. The fourth-order valence-corrected chi connectivity index (χ4v) is 0.974. The molecule has 0 aromatic heterocycles. The lowest BCUT2D eigenvalue weighted by molar-refractivity contribution is 0.0945. The van der Waals surface area contributed by atoms with Crippen LogP contribution in [0, 0.1) is 11.6 Å². The second kappa shape index (κ2) is 3.92. The van der Waals surface area contributed by atoms with Crippen molar-refractivity contribution in [1.82, 2.24) is 0 Å². The van der Waals surface area contributed by atoms with Crippen molar-refractivity contribution in [3.8, 4) is 0 Å². The average molecular weight is 201 g/mol. The van der Waals surface area contributed by atoms with E-state index in [2.05, 4.69) is 5.32 Å². The molecule has 0 atom stereocenters. The summed E-state index contributed by atoms with van der Waals surface area (Å²) in [7, 11) is 0. The van der Waals surface area contributed by atoms with Crippen molar-refractivity contribution in [3.63, 3.8) is 0 Å². The Hall–Kier alpha value is -1.16. The SMILES string of the molecule is CC(C)(O)CNc1cc(F)cc(F)c1. The van der Waals surface area contributed by atoms with E-state index in [1.807, 2.05) is 0 Å².